The summed E-state index contributed by atoms with van der Waals surface area (Å²) in [7, 11) is 0. The van der Waals surface area contributed by atoms with Crippen LogP contribution in [0.3, 0.4) is 0 Å². The van der Waals surface area contributed by atoms with E-state index < -0.39 is 0 Å². The smallest absolute Gasteiger partial charge is 0.0638 e. The summed E-state index contributed by atoms with van der Waals surface area (Å²) >= 11 is 0. The zero-order chi connectivity index (χ0) is 14.8. The third kappa shape index (κ3) is 3.22. The SMILES string of the molecule is Cc1cc(C)cc(C(NN)C(C)(C)N2CCCCC2)c1. The summed E-state index contributed by atoms with van der Waals surface area (Å²) in [5.41, 5.74) is 6.99. The zero-order valence-electron chi connectivity index (χ0n) is 13.4. The number of rotatable bonds is 4. The molecule has 0 radical (unpaired) electrons. The molecule has 0 aliphatic carbocycles. The lowest BCUT2D eigenvalue weighted by Crippen LogP contribution is -2.55. The first-order valence-electron chi connectivity index (χ1n) is 7.74. The van der Waals surface area contributed by atoms with Gasteiger partial charge in [0.25, 0.3) is 0 Å². The molecule has 1 fully saturated rings. The minimum absolute atomic E-state index is 0.0232. The average Bonchev–Trinajstić information content (AvgIpc) is 2.39. The highest BCUT2D eigenvalue weighted by Gasteiger charge is 2.36. The number of piperidine rings is 1. The van der Waals surface area contributed by atoms with E-state index in [2.05, 4.69) is 56.2 Å². The van der Waals surface area contributed by atoms with E-state index >= 15 is 0 Å². The highest BCUT2D eigenvalue weighted by atomic mass is 15.3. The molecule has 3 nitrogen and oxygen atoms in total. The lowest BCUT2D eigenvalue weighted by molar-refractivity contribution is 0.0607. The summed E-state index contributed by atoms with van der Waals surface area (Å²) in [4.78, 5) is 2.58. The van der Waals surface area contributed by atoms with Gasteiger partial charge in [-0.05, 0) is 59.2 Å². The Morgan fingerprint density at radius 2 is 1.60 bits per heavy atom. The van der Waals surface area contributed by atoms with Crippen molar-refractivity contribution in [1.29, 1.82) is 0 Å². The monoisotopic (exact) mass is 275 g/mol. The van der Waals surface area contributed by atoms with Gasteiger partial charge in [-0.3, -0.25) is 16.2 Å². The summed E-state index contributed by atoms with van der Waals surface area (Å²) in [6, 6.07) is 6.87. The molecule has 0 bridgehead atoms. The largest absolute Gasteiger partial charge is 0.296 e. The zero-order valence-corrected chi connectivity index (χ0v) is 13.4. The molecular formula is C17H29N3. The van der Waals surface area contributed by atoms with Crippen LogP contribution in [-0.4, -0.2) is 23.5 Å². The summed E-state index contributed by atoms with van der Waals surface area (Å²) in [6.45, 7) is 11.3. The first-order chi connectivity index (χ1) is 9.45. The maximum absolute atomic E-state index is 5.92. The van der Waals surface area contributed by atoms with Crippen LogP contribution in [0, 0.1) is 13.8 Å². The Morgan fingerprint density at radius 1 is 1.05 bits per heavy atom. The van der Waals surface area contributed by atoms with Gasteiger partial charge >= 0.3 is 0 Å². The van der Waals surface area contributed by atoms with Crippen LogP contribution in [0.5, 0.6) is 0 Å². The molecule has 1 heterocycles. The summed E-state index contributed by atoms with van der Waals surface area (Å²) in [6.07, 6.45) is 3.96. The van der Waals surface area contributed by atoms with Gasteiger partial charge < -0.3 is 0 Å². The number of nitrogens with two attached hydrogens (primary N) is 1. The van der Waals surface area contributed by atoms with E-state index in [1.807, 2.05) is 0 Å². The van der Waals surface area contributed by atoms with Crippen LogP contribution in [0.2, 0.25) is 0 Å². The van der Waals surface area contributed by atoms with Crippen molar-refractivity contribution in [2.45, 2.75) is 58.5 Å². The first kappa shape index (κ1) is 15.5. The number of hydrogen-bond acceptors (Lipinski definition) is 3. The van der Waals surface area contributed by atoms with Crippen molar-refractivity contribution in [2.24, 2.45) is 5.84 Å². The van der Waals surface area contributed by atoms with E-state index in [0.717, 1.165) is 0 Å². The fourth-order valence-corrected chi connectivity index (χ4v) is 3.54. The number of nitrogens with zero attached hydrogens (tertiary/aromatic N) is 1. The number of benzene rings is 1. The average molecular weight is 275 g/mol. The predicted molar refractivity (Wildman–Crippen MR) is 85.5 cm³/mol. The van der Waals surface area contributed by atoms with E-state index in [1.165, 1.54) is 49.0 Å². The van der Waals surface area contributed by atoms with E-state index in [9.17, 15) is 0 Å². The van der Waals surface area contributed by atoms with Crippen molar-refractivity contribution < 1.29 is 0 Å². The summed E-state index contributed by atoms with van der Waals surface area (Å²) < 4.78 is 0. The fourth-order valence-electron chi connectivity index (χ4n) is 3.54. The van der Waals surface area contributed by atoms with Crippen LogP contribution in [0.1, 0.15) is 55.8 Å². The molecule has 1 unspecified atom stereocenters. The van der Waals surface area contributed by atoms with Crippen LogP contribution in [0.25, 0.3) is 0 Å². The van der Waals surface area contributed by atoms with Crippen LogP contribution in [0.15, 0.2) is 18.2 Å². The normalized spacial score (nSPS) is 19.1. The summed E-state index contributed by atoms with van der Waals surface area (Å²) in [5, 5.41) is 0. The second kappa shape index (κ2) is 6.25. The Morgan fingerprint density at radius 3 is 2.10 bits per heavy atom. The van der Waals surface area contributed by atoms with Crippen LogP contribution >= 0.6 is 0 Å². The van der Waals surface area contributed by atoms with Crippen molar-refractivity contribution >= 4 is 0 Å². The quantitative estimate of drug-likeness (QED) is 0.655. The summed E-state index contributed by atoms with van der Waals surface area (Å²) in [5.74, 6) is 5.92. The van der Waals surface area contributed by atoms with E-state index in [0.29, 0.717) is 0 Å². The third-order valence-electron chi connectivity index (χ3n) is 4.62. The van der Waals surface area contributed by atoms with Gasteiger partial charge in [0, 0.05) is 5.54 Å². The molecule has 1 saturated heterocycles. The molecule has 20 heavy (non-hydrogen) atoms. The standard InChI is InChI=1S/C17H29N3/c1-13-10-14(2)12-15(11-13)16(19-18)17(3,4)20-8-6-5-7-9-20/h10-12,16,19H,5-9,18H2,1-4H3. The van der Waals surface area contributed by atoms with E-state index in [-0.39, 0.29) is 11.6 Å². The van der Waals surface area contributed by atoms with Crippen LogP contribution < -0.4 is 11.3 Å². The number of hydrazine groups is 1. The third-order valence-corrected chi connectivity index (χ3v) is 4.62. The van der Waals surface area contributed by atoms with Crippen molar-refractivity contribution in [2.75, 3.05) is 13.1 Å². The Labute approximate surface area is 123 Å². The number of hydrogen-bond donors (Lipinski definition) is 2. The Balaban J connectivity index is 2.29. The van der Waals surface area contributed by atoms with E-state index in [1.54, 1.807) is 0 Å². The fraction of sp³-hybridized carbons (Fsp3) is 0.647. The predicted octanol–water partition coefficient (Wildman–Crippen LogP) is 3.07. The van der Waals surface area contributed by atoms with Gasteiger partial charge in [0.15, 0.2) is 0 Å². The van der Waals surface area contributed by atoms with Gasteiger partial charge in [0.1, 0.15) is 0 Å². The van der Waals surface area contributed by atoms with Gasteiger partial charge in [-0.2, -0.15) is 0 Å². The maximum Gasteiger partial charge on any atom is 0.0638 e. The minimum Gasteiger partial charge on any atom is -0.296 e. The van der Waals surface area contributed by atoms with Gasteiger partial charge in [0.05, 0.1) is 6.04 Å². The second-order valence-electron chi connectivity index (χ2n) is 6.72. The molecule has 112 valence electrons. The minimum atomic E-state index is 0.0232. The Kier molecular flexibility index (Phi) is 4.84. The molecule has 0 aromatic heterocycles. The molecule has 1 aromatic carbocycles. The molecular weight excluding hydrogens is 246 g/mol. The molecule has 1 aliphatic heterocycles. The number of aryl methyl sites for hydroxylation is 2. The van der Waals surface area contributed by atoms with Crippen LogP contribution in [0.4, 0.5) is 0 Å². The molecule has 1 aliphatic rings. The lowest BCUT2D eigenvalue weighted by atomic mass is 9.85. The molecule has 0 spiro atoms. The lowest BCUT2D eigenvalue weighted by Gasteiger charge is -2.46. The van der Waals surface area contributed by atoms with Crippen molar-refractivity contribution in [1.82, 2.24) is 10.3 Å². The molecule has 0 amide bonds. The maximum atomic E-state index is 5.92. The number of likely N-dealkylation sites (tertiary alicyclic amines) is 1. The molecule has 1 atom stereocenters. The molecule has 0 saturated carbocycles. The second-order valence-corrected chi connectivity index (χ2v) is 6.72. The van der Waals surface area contributed by atoms with Crippen molar-refractivity contribution in [3.05, 3.63) is 34.9 Å². The Bertz CT molecular complexity index is 427. The first-order valence-corrected chi connectivity index (χ1v) is 7.74. The number of nitrogens with one attached hydrogen (secondary N) is 1. The van der Waals surface area contributed by atoms with Gasteiger partial charge in [-0.1, -0.05) is 35.7 Å². The van der Waals surface area contributed by atoms with Gasteiger partial charge in [-0.15, -0.1) is 0 Å². The highest BCUT2D eigenvalue weighted by molar-refractivity contribution is 5.32. The van der Waals surface area contributed by atoms with Gasteiger partial charge in [0.2, 0.25) is 0 Å². The topological polar surface area (TPSA) is 41.3 Å². The molecule has 2 rings (SSSR count). The van der Waals surface area contributed by atoms with Crippen molar-refractivity contribution in [3.63, 3.8) is 0 Å². The van der Waals surface area contributed by atoms with E-state index in [4.69, 9.17) is 5.84 Å². The Hall–Kier alpha value is -0.900. The molecule has 3 N–H and O–H groups in total. The molecule has 1 aromatic rings. The van der Waals surface area contributed by atoms with Crippen LogP contribution in [-0.2, 0) is 0 Å². The highest BCUT2D eigenvalue weighted by Crippen LogP contribution is 2.33. The van der Waals surface area contributed by atoms with Crippen molar-refractivity contribution in [3.8, 4) is 0 Å². The molecule has 3 heteroatoms. The van der Waals surface area contributed by atoms with Gasteiger partial charge in [-0.25, -0.2) is 0 Å².